The fourth-order valence-corrected chi connectivity index (χ4v) is 2.46. The van der Waals surface area contributed by atoms with Crippen molar-refractivity contribution in [3.63, 3.8) is 0 Å². The van der Waals surface area contributed by atoms with Crippen LogP contribution in [0.2, 0.25) is 0 Å². The lowest BCUT2D eigenvalue weighted by Gasteiger charge is -2.27. The van der Waals surface area contributed by atoms with Gasteiger partial charge in [0.2, 0.25) is 5.91 Å². The Morgan fingerprint density at radius 3 is 2.42 bits per heavy atom. The van der Waals surface area contributed by atoms with Crippen LogP contribution in [0.5, 0.6) is 0 Å². The summed E-state index contributed by atoms with van der Waals surface area (Å²) in [5.74, 6) is 0.0174. The zero-order valence-corrected chi connectivity index (χ0v) is 17.0. The number of carbonyl (C=O) groups is 2. The summed E-state index contributed by atoms with van der Waals surface area (Å²) in [5, 5.41) is 2.96. The normalized spacial score (nSPS) is 11.4. The van der Waals surface area contributed by atoms with Crippen molar-refractivity contribution in [2.75, 3.05) is 32.1 Å². The van der Waals surface area contributed by atoms with E-state index in [0.717, 1.165) is 16.8 Å². The first kappa shape index (κ1) is 22.0. The molecule has 0 spiro atoms. The number of nitrogens with one attached hydrogen (secondary N) is 1. The Labute approximate surface area is 156 Å². The molecule has 0 saturated carbocycles. The van der Waals surface area contributed by atoms with Gasteiger partial charge in [-0.25, -0.2) is 4.79 Å². The van der Waals surface area contributed by atoms with Gasteiger partial charge in [-0.15, -0.1) is 0 Å². The largest absolute Gasteiger partial charge is 0.444 e. The molecule has 0 saturated heterocycles. The van der Waals surface area contributed by atoms with Crippen LogP contribution >= 0.6 is 0 Å². The second-order valence-corrected chi connectivity index (χ2v) is 7.64. The summed E-state index contributed by atoms with van der Waals surface area (Å²) in [5.41, 5.74) is 2.24. The first-order valence-electron chi connectivity index (χ1n) is 8.91. The molecule has 146 valence electrons. The van der Waals surface area contributed by atoms with Gasteiger partial charge in [-0.05, 0) is 44.7 Å². The highest BCUT2D eigenvalue weighted by atomic mass is 16.6. The number of nitrogens with zero attached hydrogens (tertiary/aromatic N) is 1. The monoisotopic (exact) mass is 364 g/mol. The van der Waals surface area contributed by atoms with E-state index < -0.39 is 11.7 Å². The topological polar surface area (TPSA) is 67.9 Å². The highest BCUT2D eigenvalue weighted by molar-refractivity contribution is 5.95. The zero-order chi connectivity index (χ0) is 19.9. The Balaban J connectivity index is 2.89. The third-order valence-electron chi connectivity index (χ3n) is 3.74. The smallest absolute Gasteiger partial charge is 0.410 e. The molecule has 0 fully saturated rings. The van der Waals surface area contributed by atoms with Crippen molar-refractivity contribution < 1.29 is 19.1 Å². The van der Waals surface area contributed by atoms with E-state index in [9.17, 15) is 9.59 Å². The molecule has 0 atom stereocenters. The number of amides is 2. The van der Waals surface area contributed by atoms with E-state index in [-0.39, 0.29) is 24.9 Å². The number of ether oxygens (including phenoxy) is 2. The van der Waals surface area contributed by atoms with Gasteiger partial charge in [0.05, 0.1) is 6.61 Å². The predicted molar refractivity (Wildman–Crippen MR) is 104 cm³/mol. The van der Waals surface area contributed by atoms with Crippen LogP contribution in [-0.2, 0) is 14.3 Å². The number of rotatable bonds is 7. The Morgan fingerprint density at radius 1 is 1.23 bits per heavy atom. The van der Waals surface area contributed by atoms with Crippen LogP contribution in [0.25, 0.3) is 0 Å². The highest BCUT2D eigenvalue weighted by Crippen LogP contribution is 2.27. The molecule has 0 radical (unpaired) electrons. The summed E-state index contributed by atoms with van der Waals surface area (Å²) in [7, 11) is 1.55. The number of methoxy groups -OCH3 is 1. The van der Waals surface area contributed by atoms with E-state index >= 15 is 0 Å². The molecule has 0 aliphatic heterocycles. The number of hydrogen-bond donors (Lipinski definition) is 1. The molecule has 1 N–H and O–H groups in total. The van der Waals surface area contributed by atoms with E-state index in [1.165, 1.54) is 4.90 Å². The molecule has 1 aromatic carbocycles. The van der Waals surface area contributed by atoms with E-state index in [1.807, 2.05) is 25.1 Å². The fourth-order valence-electron chi connectivity index (χ4n) is 2.46. The molecule has 1 rings (SSSR count). The van der Waals surface area contributed by atoms with Crippen LogP contribution in [0.3, 0.4) is 0 Å². The molecule has 0 unspecified atom stereocenters. The van der Waals surface area contributed by atoms with Gasteiger partial charge in [0.1, 0.15) is 12.1 Å². The van der Waals surface area contributed by atoms with Crippen LogP contribution < -0.4 is 5.32 Å². The molecule has 6 nitrogen and oxygen atoms in total. The summed E-state index contributed by atoms with van der Waals surface area (Å²) in [6, 6.07) is 5.94. The van der Waals surface area contributed by atoms with E-state index in [1.54, 1.807) is 27.9 Å². The average Bonchev–Trinajstić information content (AvgIpc) is 2.51. The van der Waals surface area contributed by atoms with E-state index in [2.05, 4.69) is 19.2 Å². The lowest BCUT2D eigenvalue weighted by atomic mass is 9.98. The number of para-hydroxylation sites is 1. The third kappa shape index (κ3) is 7.04. The Kier molecular flexibility index (Phi) is 8.08. The second-order valence-electron chi connectivity index (χ2n) is 7.64. The van der Waals surface area contributed by atoms with Crippen LogP contribution in [0, 0.1) is 6.92 Å². The first-order chi connectivity index (χ1) is 12.0. The number of anilines is 1. The fraction of sp³-hybridized carbons (Fsp3) is 0.600. The van der Waals surface area contributed by atoms with Crippen molar-refractivity contribution in [2.24, 2.45) is 0 Å². The van der Waals surface area contributed by atoms with Crippen LogP contribution in [0.4, 0.5) is 10.5 Å². The minimum Gasteiger partial charge on any atom is -0.444 e. The second kappa shape index (κ2) is 9.57. The lowest BCUT2D eigenvalue weighted by molar-refractivity contribution is -0.117. The summed E-state index contributed by atoms with van der Waals surface area (Å²) < 4.78 is 10.4. The molecule has 0 aliphatic carbocycles. The number of aryl methyl sites for hydroxylation is 1. The summed E-state index contributed by atoms with van der Waals surface area (Å²) in [6.45, 7) is 12.0. The molecule has 0 heterocycles. The Bertz CT molecular complexity index is 621. The van der Waals surface area contributed by atoms with E-state index in [0.29, 0.717) is 6.61 Å². The van der Waals surface area contributed by atoms with Crippen molar-refractivity contribution in [3.8, 4) is 0 Å². The van der Waals surface area contributed by atoms with Gasteiger partial charge in [0, 0.05) is 19.3 Å². The minimum atomic E-state index is -0.625. The molecule has 0 bridgehead atoms. The Morgan fingerprint density at radius 2 is 1.88 bits per heavy atom. The van der Waals surface area contributed by atoms with Crippen molar-refractivity contribution in [2.45, 2.75) is 53.1 Å². The van der Waals surface area contributed by atoms with Gasteiger partial charge in [0.15, 0.2) is 0 Å². The molecular weight excluding hydrogens is 332 g/mol. The maximum atomic E-state index is 12.6. The van der Waals surface area contributed by atoms with Crippen LogP contribution in [0.1, 0.15) is 51.7 Å². The maximum Gasteiger partial charge on any atom is 0.410 e. The summed E-state index contributed by atoms with van der Waals surface area (Å²) >= 11 is 0. The van der Waals surface area contributed by atoms with Gasteiger partial charge in [-0.1, -0.05) is 32.0 Å². The van der Waals surface area contributed by atoms with Gasteiger partial charge in [0.25, 0.3) is 0 Å². The molecule has 6 heteroatoms. The maximum absolute atomic E-state index is 12.6. The van der Waals surface area contributed by atoms with E-state index in [4.69, 9.17) is 9.47 Å². The van der Waals surface area contributed by atoms with Crippen molar-refractivity contribution >= 4 is 17.7 Å². The third-order valence-corrected chi connectivity index (χ3v) is 3.74. The highest BCUT2D eigenvalue weighted by Gasteiger charge is 2.24. The van der Waals surface area contributed by atoms with Gasteiger partial charge >= 0.3 is 6.09 Å². The molecule has 0 aliphatic rings. The lowest BCUT2D eigenvalue weighted by Crippen LogP contribution is -2.43. The van der Waals surface area contributed by atoms with Crippen molar-refractivity contribution in [1.82, 2.24) is 4.90 Å². The van der Waals surface area contributed by atoms with Crippen molar-refractivity contribution in [3.05, 3.63) is 29.3 Å². The summed E-state index contributed by atoms with van der Waals surface area (Å²) in [6.07, 6.45) is -0.529. The molecule has 1 aromatic rings. The molecule has 0 aromatic heterocycles. The zero-order valence-electron chi connectivity index (χ0n) is 17.0. The number of benzene rings is 1. The molecular formula is C20H32N2O4. The van der Waals surface area contributed by atoms with Gasteiger partial charge in [-0.3, -0.25) is 9.69 Å². The predicted octanol–water partition coefficient (Wildman–Crippen LogP) is 3.94. The summed E-state index contributed by atoms with van der Waals surface area (Å²) in [4.78, 5) is 26.3. The van der Waals surface area contributed by atoms with Gasteiger partial charge in [-0.2, -0.15) is 0 Å². The van der Waals surface area contributed by atoms with Crippen LogP contribution in [0.15, 0.2) is 18.2 Å². The molecule has 2 amide bonds. The average molecular weight is 364 g/mol. The van der Waals surface area contributed by atoms with Crippen molar-refractivity contribution in [1.29, 1.82) is 0 Å². The molecule has 26 heavy (non-hydrogen) atoms. The van der Waals surface area contributed by atoms with Crippen LogP contribution in [-0.4, -0.2) is 49.3 Å². The quantitative estimate of drug-likeness (QED) is 0.796. The standard InChI is InChI=1S/C20H32N2O4/c1-14(2)16-10-8-9-15(3)18(16)21-17(23)13-22(11-12-25-7)19(24)26-20(4,5)6/h8-10,14H,11-13H2,1-7H3,(H,21,23). The number of carbonyl (C=O) groups excluding carboxylic acids is 2. The Hall–Kier alpha value is -2.08. The SMILES string of the molecule is COCCN(CC(=O)Nc1c(C)cccc1C(C)C)C(=O)OC(C)(C)C. The van der Waals surface area contributed by atoms with Gasteiger partial charge < -0.3 is 14.8 Å². The number of hydrogen-bond acceptors (Lipinski definition) is 4. The first-order valence-corrected chi connectivity index (χ1v) is 8.91. The minimum absolute atomic E-state index is 0.0931.